The van der Waals surface area contributed by atoms with Crippen molar-refractivity contribution in [1.29, 1.82) is 0 Å². The highest BCUT2D eigenvalue weighted by Crippen LogP contribution is 2.47. The summed E-state index contributed by atoms with van der Waals surface area (Å²) in [4.78, 5) is 0. The van der Waals surface area contributed by atoms with Crippen LogP contribution in [0, 0.1) is 22.7 Å². The molecule has 0 spiro atoms. The smallest absolute Gasteiger partial charge is 0.00101 e. The van der Waals surface area contributed by atoms with Crippen LogP contribution in [0.5, 0.6) is 0 Å². The average Bonchev–Trinajstić information content (AvgIpc) is 2.12. The zero-order chi connectivity index (χ0) is 13.1. The number of hydrogen-bond acceptors (Lipinski definition) is 1. The minimum absolute atomic E-state index is 0.177. The monoisotopic (exact) mass is 225 g/mol. The Morgan fingerprint density at radius 1 is 1.19 bits per heavy atom. The molecule has 96 valence electrons. The van der Waals surface area contributed by atoms with Crippen LogP contribution in [0.4, 0.5) is 0 Å². The van der Waals surface area contributed by atoms with E-state index in [0.29, 0.717) is 17.3 Å². The van der Waals surface area contributed by atoms with E-state index in [4.69, 9.17) is 0 Å². The van der Waals surface area contributed by atoms with Gasteiger partial charge in [-0.05, 0) is 43.2 Å². The Bertz CT molecular complexity index is 236. The zero-order valence-electron chi connectivity index (χ0n) is 12.6. The second kappa shape index (κ2) is 5.35. The number of hydrogen-bond donors (Lipinski definition) is 1. The van der Waals surface area contributed by atoms with Gasteiger partial charge in [0.05, 0.1) is 0 Å². The molecule has 0 aliphatic heterocycles. The maximum absolute atomic E-state index is 4.18. The van der Waals surface area contributed by atoms with Crippen molar-refractivity contribution in [1.82, 2.24) is 5.32 Å². The zero-order valence-corrected chi connectivity index (χ0v) is 12.6. The van der Waals surface area contributed by atoms with Crippen molar-refractivity contribution >= 4 is 0 Å². The first-order valence-corrected chi connectivity index (χ1v) is 6.39. The summed E-state index contributed by atoms with van der Waals surface area (Å²) in [6.07, 6.45) is 0. The lowest BCUT2D eigenvalue weighted by atomic mass is 9.58. The standard InChI is InChI=1S/C15H31N/c1-11(2)14(5,6)13(10-16-9)15(7,8)12(3)4/h12-13,16H,1,10H2,2-9H3. The molecule has 0 amide bonds. The molecule has 0 rings (SSSR count). The fourth-order valence-electron chi connectivity index (χ4n) is 2.35. The lowest BCUT2D eigenvalue weighted by molar-refractivity contribution is 0.0563. The molecular formula is C15H31N. The summed E-state index contributed by atoms with van der Waals surface area (Å²) in [5.74, 6) is 1.27. The van der Waals surface area contributed by atoms with Gasteiger partial charge >= 0.3 is 0 Å². The summed E-state index contributed by atoms with van der Waals surface area (Å²) < 4.78 is 0. The summed E-state index contributed by atoms with van der Waals surface area (Å²) in [6, 6.07) is 0. The van der Waals surface area contributed by atoms with Crippen molar-refractivity contribution in [3.8, 4) is 0 Å². The molecule has 0 fully saturated rings. The van der Waals surface area contributed by atoms with Crippen LogP contribution in [0.3, 0.4) is 0 Å². The van der Waals surface area contributed by atoms with Gasteiger partial charge in [-0.3, -0.25) is 0 Å². The van der Waals surface area contributed by atoms with Crippen molar-refractivity contribution in [3.63, 3.8) is 0 Å². The Morgan fingerprint density at radius 2 is 1.62 bits per heavy atom. The molecule has 0 aromatic rings. The Hall–Kier alpha value is -0.300. The fraction of sp³-hybridized carbons (Fsp3) is 0.867. The highest BCUT2D eigenvalue weighted by molar-refractivity contribution is 5.09. The van der Waals surface area contributed by atoms with E-state index in [1.165, 1.54) is 5.57 Å². The molecule has 16 heavy (non-hydrogen) atoms. The molecule has 1 unspecified atom stereocenters. The SMILES string of the molecule is C=C(C)C(C)(C)C(CNC)C(C)(C)C(C)C. The van der Waals surface area contributed by atoms with Gasteiger partial charge in [0, 0.05) is 0 Å². The lowest BCUT2D eigenvalue weighted by Crippen LogP contribution is -2.45. The van der Waals surface area contributed by atoms with Gasteiger partial charge in [-0.1, -0.05) is 53.7 Å². The van der Waals surface area contributed by atoms with Crippen LogP contribution in [0.15, 0.2) is 12.2 Å². The molecule has 1 atom stereocenters. The molecule has 1 N–H and O–H groups in total. The highest BCUT2D eigenvalue weighted by atomic mass is 14.8. The molecular weight excluding hydrogens is 194 g/mol. The Kier molecular flexibility index (Phi) is 5.25. The van der Waals surface area contributed by atoms with Crippen LogP contribution >= 0.6 is 0 Å². The van der Waals surface area contributed by atoms with Gasteiger partial charge in [-0.15, -0.1) is 0 Å². The summed E-state index contributed by atoms with van der Waals surface area (Å²) in [6.45, 7) is 21.4. The average molecular weight is 225 g/mol. The van der Waals surface area contributed by atoms with Crippen LogP contribution in [0.1, 0.15) is 48.5 Å². The minimum Gasteiger partial charge on any atom is -0.319 e. The molecule has 0 aliphatic carbocycles. The van der Waals surface area contributed by atoms with E-state index in [-0.39, 0.29) is 5.41 Å². The van der Waals surface area contributed by atoms with Crippen LogP contribution < -0.4 is 5.32 Å². The first kappa shape index (κ1) is 15.7. The largest absolute Gasteiger partial charge is 0.319 e. The van der Waals surface area contributed by atoms with Crippen molar-refractivity contribution < 1.29 is 0 Å². The van der Waals surface area contributed by atoms with Crippen LogP contribution in [0.25, 0.3) is 0 Å². The van der Waals surface area contributed by atoms with Crippen LogP contribution in [-0.2, 0) is 0 Å². The Balaban J connectivity index is 5.23. The van der Waals surface area contributed by atoms with E-state index in [1.54, 1.807) is 0 Å². The van der Waals surface area contributed by atoms with E-state index < -0.39 is 0 Å². The second-order valence-electron chi connectivity index (χ2n) is 6.59. The van der Waals surface area contributed by atoms with Gasteiger partial charge in [0.15, 0.2) is 0 Å². The maximum Gasteiger partial charge on any atom is -0.00101 e. The number of nitrogens with one attached hydrogen (secondary N) is 1. The Labute approximate surface area is 103 Å². The van der Waals surface area contributed by atoms with Gasteiger partial charge in [0.25, 0.3) is 0 Å². The first-order valence-electron chi connectivity index (χ1n) is 6.39. The summed E-state index contributed by atoms with van der Waals surface area (Å²) >= 11 is 0. The van der Waals surface area contributed by atoms with Gasteiger partial charge in [-0.2, -0.15) is 0 Å². The van der Waals surface area contributed by atoms with Crippen LogP contribution in [0.2, 0.25) is 0 Å². The van der Waals surface area contributed by atoms with Crippen molar-refractivity contribution in [2.24, 2.45) is 22.7 Å². The Morgan fingerprint density at radius 3 is 1.88 bits per heavy atom. The van der Waals surface area contributed by atoms with E-state index in [2.05, 4.69) is 60.4 Å². The molecule has 0 heterocycles. The fourth-order valence-corrected chi connectivity index (χ4v) is 2.35. The molecule has 0 aromatic heterocycles. The molecule has 1 heteroatoms. The van der Waals surface area contributed by atoms with E-state index in [1.807, 2.05) is 7.05 Å². The maximum atomic E-state index is 4.18. The third-order valence-corrected chi connectivity index (χ3v) is 4.77. The van der Waals surface area contributed by atoms with E-state index >= 15 is 0 Å². The topological polar surface area (TPSA) is 12.0 Å². The van der Waals surface area contributed by atoms with Gasteiger partial charge in [0.2, 0.25) is 0 Å². The second-order valence-corrected chi connectivity index (χ2v) is 6.59. The van der Waals surface area contributed by atoms with Crippen molar-refractivity contribution in [3.05, 3.63) is 12.2 Å². The molecule has 0 aliphatic rings. The lowest BCUT2D eigenvalue weighted by Gasteiger charge is -2.47. The highest BCUT2D eigenvalue weighted by Gasteiger charge is 2.42. The van der Waals surface area contributed by atoms with E-state index in [0.717, 1.165) is 6.54 Å². The molecule has 1 nitrogen and oxygen atoms in total. The first-order chi connectivity index (χ1) is 7.08. The van der Waals surface area contributed by atoms with Crippen molar-refractivity contribution in [2.45, 2.75) is 48.5 Å². The van der Waals surface area contributed by atoms with Gasteiger partial charge in [-0.25, -0.2) is 0 Å². The molecule has 0 saturated heterocycles. The van der Waals surface area contributed by atoms with Crippen LogP contribution in [-0.4, -0.2) is 13.6 Å². The van der Waals surface area contributed by atoms with Crippen molar-refractivity contribution in [2.75, 3.05) is 13.6 Å². The summed E-state index contributed by atoms with van der Waals surface area (Å²) in [7, 11) is 2.04. The van der Waals surface area contributed by atoms with Gasteiger partial charge in [0.1, 0.15) is 0 Å². The molecule has 0 bridgehead atoms. The quantitative estimate of drug-likeness (QED) is 0.671. The molecule has 0 radical (unpaired) electrons. The molecule has 0 saturated carbocycles. The third kappa shape index (κ3) is 3.10. The predicted octanol–water partition coefficient (Wildman–Crippen LogP) is 4.11. The minimum atomic E-state index is 0.177. The summed E-state index contributed by atoms with van der Waals surface area (Å²) in [5, 5.41) is 3.35. The molecule has 0 aromatic carbocycles. The van der Waals surface area contributed by atoms with Gasteiger partial charge < -0.3 is 5.32 Å². The normalized spacial score (nSPS) is 15.3. The summed E-state index contributed by atoms with van der Waals surface area (Å²) in [5.41, 5.74) is 1.77. The number of allylic oxidation sites excluding steroid dienone is 1. The number of rotatable bonds is 6. The predicted molar refractivity (Wildman–Crippen MR) is 74.6 cm³/mol. The third-order valence-electron chi connectivity index (χ3n) is 4.77. The van der Waals surface area contributed by atoms with E-state index in [9.17, 15) is 0 Å².